The van der Waals surface area contributed by atoms with Gasteiger partial charge in [0, 0.05) is 12.1 Å². The summed E-state index contributed by atoms with van der Waals surface area (Å²) >= 11 is 0. The molecule has 1 nitrogen and oxygen atoms in total. The van der Waals surface area contributed by atoms with Gasteiger partial charge in [0.1, 0.15) is 0 Å². The summed E-state index contributed by atoms with van der Waals surface area (Å²) in [6, 6.07) is 17.7. The highest BCUT2D eigenvalue weighted by Crippen LogP contribution is 2.34. The standard InChI is InChI=1S/C23H33N/c1-22(2,3)21-15-11-10-14-20(21)19-13-9-8-12-18(19)16-17-24(7)23(4,5)6/h8-15H,16-17H2,1-7H3. The highest BCUT2D eigenvalue weighted by molar-refractivity contribution is 5.72. The normalized spacial score (nSPS) is 12.7. The van der Waals surface area contributed by atoms with E-state index < -0.39 is 0 Å². The molecule has 0 aliphatic heterocycles. The molecule has 0 saturated heterocycles. The van der Waals surface area contributed by atoms with Crippen molar-refractivity contribution in [3.8, 4) is 11.1 Å². The lowest BCUT2D eigenvalue weighted by atomic mass is 9.81. The Morgan fingerprint density at radius 1 is 0.750 bits per heavy atom. The van der Waals surface area contributed by atoms with E-state index >= 15 is 0 Å². The van der Waals surface area contributed by atoms with Crippen LogP contribution in [0, 0.1) is 0 Å². The molecule has 130 valence electrons. The van der Waals surface area contributed by atoms with Crippen LogP contribution in [-0.2, 0) is 11.8 Å². The van der Waals surface area contributed by atoms with Crippen molar-refractivity contribution in [3.05, 3.63) is 59.7 Å². The molecule has 0 aliphatic carbocycles. The van der Waals surface area contributed by atoms with Gasteiger partial charge in [0.2, 0.25) is 0 Å². The van der Waals surface area contributed by atoms with E-state index in [-0.39, 0.29) is 11.0 Å². The molecule has 0 fully saturated rings. The predicted molar refractivity (Wildman–Crippen MR) is 107 cm³/mol. The summed E-state index contributed by atoms with van der Waals surface area (Å²) in [5.74, 6) is 0. The van der Waals surface area contributed by atoms with Crippen molar-refractivity contribution in [2.45, 2.75) is 58.9 Å². The molecule has 1 heteroatoms. The molecular formula is C23H33N. The molecule has 0 aliphatic rings. The van der Waals surface area contributed by atoms with Crippen LogP contribution in [0.5, 0.6) is 0 Å². The Morgan fingerprint density at radius 2 is 1.29 bits per heavy atom. The molecular weight excluding hydrogens is 290 g/mol. The Balaban J connectivity index is 2.37. The van der Waals surface area contributed by atoms with Crippen LogP contribution in [0.1, 0.15) is 52.7 Å². The van der Waals surface area contributed by atoms with Gasteiger partial charge in [0.25, 0.3) is 0 Å². The number of hydrogen-bond donors (Lipinski definition) is 0. The van der Waals surface area contributed by atoms with Gasteiger partial charge >= 0.3 is 0 Å². The predicted octanol–water partition coefficient (Wildman–Crippen LogP) is 5.92. The van der Waals surface area contributed by atoms with Gasteiger partial charge in [-0.25, -0.2) is 0 Å². The van der Waals surface area contributed by atoms with Gasteiger partial charge in [-0.15, -0.1) is 0 Å². The first-order valence-electron chi connectivity index (χ1n) is 9.00. The van der Waals surface area contributed by atoms with Crippen LogP contribution in [-0.4, -0.2) is 24.0 Å². The van der Waals surface area contributed by atoms with E-state index in [0.29, 0.717) is 0 Å². The van der Waals surface area contributed by atoms with Crippen LogP contribution < -0.4 is 0 Å². The fourth-order valence-corrected chi connectivity index (χ4v) is 3.00. The van der Waals surface area contributed by atoms with Crippen LogP contribution in [0.2, 0.25) is 0 Å². The molecule has 2 rings (SSSR count). The summed E-state index contributed by atoms with van der Waals surface area (Å²) in [7, 11) is 2.21. The number of hydrogen-bond acceptors (Lipinski definition) is 1. The zero-order valence-electron chi connectivity index (χ0n) is 16.5. The zero-order chi connectivity index (χ0) is 18.0. The van der Waals surface area contributed by atoms with Crippen molar-refractivity contribution >= 4 is 0 Å². The van der Waals surface area contributed by atoms with Gasteiger partial charge in [0.05, 0.1) is 0 Å². The van der Waals surface area contributed by atoms with Crippen molar-refractivity contribution in [3.63, 3.8) is 0 Å². The highest BCUT2D eigenvalue weighted by atomic mass is 15.1. The van der Waals surface area contributed by atoms with Crippen molar-refractivity contribution in [2.24, 2.45) is 0 Å². The summed E-state index contributed by atoms with van der Waals surface area (Å²) in [5, 5.41) is 0. The van der Waals surface area contributed by atoms with E-state index in [4.69, 9.17) is 0 Å². The lowest BCUT2D eigenvalue weighted by Gasteiger charge is -2.32. The minimum atomic E-state index is 0.145. The largest absolute Gasteiger partial charge is 0.301 e. The molecule has 0 radical (unpaired) electrons. The van der Waals surface area contributed by atoms with Crippen LogP contribution in [0.4, 0.5) is 0 Å². The molecule has 0 N–H and O–H groups in total. The van der Waals surface area contributed by atoms with Crippen molar-refractivity contribution < 1.29 is 0 Å². The van der Waals surface area contributed by atoms with Gasteiger partial charge in [-0.1, -0.05) is 69.3 Å². The second-order valence-corrected chi connectivity index (χ2v) is 8.80. The maximum atomic E-state index is 2.43. The summed E-state index contributed by atoms with van der Waals surface area (Å²) < 4.78 is 0. The Bertz CT molecular complexity index is 671. The van der Waals surface area contributed by atoms with E-state index in [1.165, 1.54) is 22.3 Å². The highest BCUT2D eigenvalue weighted by Gasteiger charge is 2.20. The van der Waals surface area contributed by atoms with Gasteiger partial charge in [-0.05, 0) is 61.9 Å². The molecule has 0 atom stereocenters. The maximum absolute atomic E-state index is 2.43. The zero-order valence-corrected chi connectivity index (χ0v) is 16.5. The summed E-state index contributed by atoms with van der Waals surface area (Å²) in [5.41, 5.74) is 5.96. The fourth-order valence-electron chi connectivity index (χ4n) is 3.00. The third-order valence-electron chi connectivity index (χ3n) is 4.90. The average Bonchev–Trinajstić information content (AvgIpc) is 2.51. The first-order chi connectivity index (χ1) is 11.1. The van der Waals surface area contributed by atoms with Crippen molar-refractivity contribution in [1.29, 1.82) is 0 Å². The molecule has 0 bridgehead atoms. The summed E-state index contributed by atoms with van der Waals surface area (Å²) in [6.07, 6.45) is 1.07. The molecule has 0 heterocycles. The van der Waals surface area contributed by atoms with Crippen LogP contribution in [0.15, 0.2) is 48.5 Å². The number of likely N-dealkylation sites (N-methyl/N-ethyl adjacent to an activating group) is 1. The van der Waals surface area contributed by atoms with Crippen LogP contribution in [0.25, 0.3) is 11.1 Å². The van der Waals surface area contributed by atoms with E-state index in [2.05, 4.69) is 102 Å². The minimum Gasteiger partial charge on any atom is -0.301 e. The Hall–Kier alpha value is -1.60. The lowest BCUT2D eigenvalue weighted by molar-refractivity contribution is 0.178. The first kappa shape index (κ1) is 18.7. The number of benzene rings is 2. The lowest BCUT2D eigenvalue weighted by Crippen LogP contribution is -2.39. The molecule has 2 aromatic rings. The van der Waals surface area contributed by atoms with Crippen LogP contribution in [0.3, 0.4) is 0 Å². The molecule has 24 heavy (non-hydrogen) atoms. The molecule has 0 spiro atoms. The third kappa shape index (κ3) is 4.48. The first-order valence-corrected chi connectivity index (χ1v) is 9.00. The summed E-state index contributed by atoms with van der Waals surface area (Å²) in [4.78, 5) is 2.43. The smallest absolute Gasteiger partial charge is 0.0122 e. The Morgan fingerprint density at radius 3 is 1.88 bits per heavy atom. The van der Waals surface area contributed by atoms with Crippen molar-refractivity contribution in [1.82, 2.24) is 4.90 Å². The van der Waals surface area contributed by atoms with Gasteiger partial charge in [0.15, 0.2) is 0 Å². The topological polar surface area (TPSA) is 3.24 Å². The second-order valence-electron chi connectivity index (χ2n) is 8.80. The maximum Gasteiger partial charge on any atom is 0.0122 e. The van der Waals surface area contributed by atoms with Gasteiger partial charge < -0.3 is 4.90 Å². The Labute approximate surface area is 148 Å². The molecule has 0 unspecified atom stereocenters. The summed E-state index contributed by atoms with van der Waals surface area (Å²) in [6.45, 7) is 14.8. The van der Waals surface area contributed by atoms with E-state index in [0.717, 1.165) is 13.0 Å². The molecule has 0 amide bonds. The van der Waals surface area contributed by atoms with E-state index in [1.807, 2.05) is 0 Å². The third-order valence-corrected chi connectivity index (χ3v) is 4.90. The minimum absolute atomic E-state index is 0.145. The van der Waals surface area contributed by atoms with Crippen LogP contribution >= 0.6 is 0 Å². The average molecular weight is 324 g/mol. The van der Waals surface area contributed by atoms with Gasteiger partial charge in [-0.3, -0.25) is 0 Å². The SMILES string of the molecule is CN(CCc1ccccc1-c1ccccc1C(C)(C)C)C(C)(C)C. The van der Waals surface area contributed by atoms with Crippen molar-refractivity contribution in [2.75, 3.05) is 13.6 Å². The molecule has 0 aromatic heterocycles. The second kappa shape index (κ2) is 7.11. The Kier molecular flexibility index (Phi) is 5.55. The van der Waals surface area contributed by atoms with E-state index in [1.54, 1.807) is 0 Å². The number of rotatable bonds is 4. The molecule has 2 aromatic carbocycles. The van der Waals surface area contributed by atoms with E-state index in [9.17, 15) is 0 Å². The monoisotopic (exact) mass is 323 g/mol. The quantitative estimate of drug-likeness (QED) is 0.674. The van der Waals surface area contributed by atoms with Gasteiger partial charge in [-0.2, -0.15) is 0 Å². The fraction of sp³-hybridized carbons (Fsp3) is 0.478. The molecule has 0 saturated carbocycles. The number of nitrogens with zero attached hydrogens (tertiary/aromatic N) is 1.